The summed E-state index contributed by atoms with van der Waals surface area (Å²) in [4.78, 5) is 23.9. The topological polar surface area (TPSA) is 105 Å². The first-order valence-corrected chi connectivity index (χ1v) is 13.0. The minimum atomic E-state index is -3.60. The summed E-state index contributed by atoms with van der Waals surface area (Å²) >= 11 is 1.16. The van der Waals surface area contributed by atoms with Gasteiger partial charge in [0.25, 0.3) is 15.9 Å². The number of nitrogens with one attached hydrogen (secondary N) is 2. The molecule has 2 aromatic rings. The number of amides is 2. The van der Waals surface area contributed by atoms with Crippen LogP contribution in [0.5, 0.6) is 5.75 Å². The van der Waals surface area contributed by atoms with Gasteiger partial charge >= 0.3 is 0 Å². The summed E-state index contributed by atoms with van der Waals surface area (Å²) in [5, 5.41) is 7.41. The van der Waals surface area contributed by atoms with Gasteiger partial charge in [-0.3, -0.25) is 13.9 Å². The Bertz CT molecular complexity index is 985. The number of carbonyl (C=O) groups excluding carboxylic acids is 2. The van der Waals surface area contributed by atoms with Crippen LogP contribution in [0.1, 0.15) is 38.5 Å². The van der Waals surface area contributed by atoms with E-state index >= 15 is 0 Å². The van der Waals surface area contributed by atoms with Gasteiger partial charge in [0.2, 0.25) is 5.91 Å². The molecule has 0 radical (unpaired) electrons. The smallest absolute Gasteiger partial charge is 0.273 e. The standard InChI is InChI=1S/C22H29N3O5S2/c1-25(32(28,29)22-8-5-15-31-22)18-9-11-19(12-10-18)30-16-21(27)23-14-13-20(26)24-17-6-3-2-4-7-17/h5,8-12,15,17H,2-4,6-7,13-14,16H2,1H3,(H,23,27)(H,24,26). The molecule has 1 aliphatic carbocycles. The van der Waals surface area contributed by atoms with Crippen LogP contribution in [0.4, 0.5) is 5.69 Å². The van der Waals surface area contributed by atoms with Gasteiger partial charge in [0, 0.05) is 26.1 Å². The van der Waals surface area contributed by atoms with Crippen LogP contribution in [0.25, 0.3) is 0 Å². The molecule has 3 rings (SSSR count). The van der Waals surface area contributed by atoms with Crippen molar-refractivity contribution in [3.63, 3.8) is 0 Å². The van der Waals surface area contributed by atoms with Crippen LogP contribution in [0.15, 0.2) is 46.0 Å². The highest BCUT2D eigenvalue weighted by Gasteiger charge is 2.22. The molecule has 8 nitrogen and oxygen atoms in total. The second kappa shape index (κ2) is 11.3. The second-order valence-corrected chi connectivity index (χ2v) is 10.8. The second-order valence-electron chi connectivity index (χ2n) is 7.69. The summed E-state index contributed by atoms with van der Waals surface area (Å²) in [5.74, 6) is 0.0770. The van der Waals surface area contributed by atoms with Crippen molar-refractivity contribution >= 4 is 38.9 Å². The highest BCUT2D eigenvalue weighted by Crippen LogP contribution is 2.26. The van der Waals surface area contributed by atoms with Gasteiger partial charge < -0.3 is 15.4 Å². The maximum Gasteiger partial charge on any atom is 0.273 e. The van der Waals surface area contributed by atoms with E-state index in [0.717, 1.165) is 37.0 Å². The maximum atomic E-state index is 12.6. The molecule has 1 aromatic heterocycles. The Morgan fingerprint density at radius 2 is 1.81 bits per heavy atom. The van der Waals surface area contributed by atoms with Gasteiger partial charge in [-0.2, -0.15) is 0 Å². The predicted octanol–water partition coefficient (Wildman–Crippen LogP) is 2.91. The summed E-state index contributed by atoms with van der Waals surface area (Å²) in [5.41, 5.74) is 0.485. The summed E-state index contributed by atoms with van der Waals surface area (Å²) < 4.78 is 32.1. The van der Waals surface area contributed by atoms with E-state index < -0.39 is 10.0 Å². The summed E-state index contributed by atoms with van der Waals surface area (Å²) in [7, 11) is -2.11. The van der Waals surface area contributed by atoms with Gasteiger partial charge in [0.05, 0.1) is 5.69 Å². The van der Waals surface area contributed by atoms with E-state index in [-0.39, 0.29) is 41.6 Å². The number of hydrogen-bond donors (Lipinski definition) is 2. The third kappa shape index (κ3) is 6.70. The first kappa shape index (κ1) is 24.1. The number of benzene rings is 1. The molecule has 32 heavy (non-hydrogen) atoms. The molecule has 0 spiro atoms. The molecule has 0 aliphatic heterocycles. The lowest BCUT2D eigenvalue weighted by molar-refractivity contribution is -0.124. The lowest BCUT2D eigenvalue weighted by Gasteiger charge is -2.22. The normalized spacial score (nSPS) is 14.5. The minimum absolute atomic E-state index is 0.0460. The zero-order chi connectivity index (χ0) is 23.0. The molecular formula is C22H29N3O5S2. The average molecular weight is 480 g/mol. The molecule has 0 atom stereocenters. The molecule has 2 N–H and O–H groups in total. The molecule has 1 saturated carbocycles. The first-order valence-electron chi connectivity index (χ1n) is 10.7. The van der Waals surface area contributed by atoms with Gasteiger partial charge in [-0.25, -0.2) is 8.42 Å². The van der Waals surface area contributed by atoms with E-state index in [1.807, 2.05) is 0 Å². The quantitative estimate of drug-likeness (QED) is 0.545. The maximum absolute atomic E-state index is 12.6. The van der Waals surface area contributed by atoms with E-state index in [9.17, 15) is 18.0 Å². The zero-order valence-corrected chi connectivity index (χ0v) is 19.7. The molecular weight excluding hydrogens is 450 g/mol. The van der Waals surface area contributed by atoms with Crippen molar-refractivity contribution < 1.29 is 22.7 Å². The fraction of sp³-hybridized carbons (Fsp3) is 0.455. The minimum Gasteiger partial charge on any atom is -0.484 e. The average Bonchev–Trinajstić information content (AvgIpc) is 3.34. The fourth-order valence-electron chi connectivity index (χ4n) is 3.50. The number of nitrogens with zero attached hydrogens (tertiary/aromatic N) is 1. The molecule has 10 heteroatoms. The lowest BCUT2D eigenvalue weighted by Crippen LogP contribution is -2.38. The van der Waals surface area contributed by atoms with Crippen LogP contribution >= 0.6 is 11.3 Å². The third-order valence-electron chi connectivity index (χ3n) is 5.32. The largest absolute Gasteiger partial charge is 0.484 e. The van der Waals surface area contributed by atoms with Crippen LogP contribution in [-0.4, -0.2) is 46.5 Å². The lowest BCUT2D eigenvalue weighted by atomic mass is 9.95. The molecule has 0 saturated heterocycles. The number of anilines is 1. The van der Waals surface area contributed by atoms with Crippen molar-refractivity contribution in [3.05, 3.63) is 41.8 Å². The highest BCUT2D eigenvalue weighted by atomic mass is 32.2. The number of carbonyl (C=O) groups is 2. The first-order chi connectivity index (χ1) is 15.4. The van der Waals surface area contributed by atoms with Crippen molar-refractivity contribution in [2.45, 2.75) is 48.8 Å². The van der Waals surface area contributed by atoms with Crippen molar-refractivity contribution in [1.29, 1.82) is 0 Å². The van der Waals surface area contributed by atoms with Gasteiger partial charge in [-0.05, 0) is 48.6 Å². The Kier molecular flexibility index (Phi) is 8.52. The highest BCUT2D eigenvalue weighted by molar-refractivity contribution is 7.94. The van der Waals surface area contributed by atoms with E-state index in [0.29, 0.717) is 11.4 Å². The molecule has 0 unspecified atom stereocenters. The van der Waals surface area contributed by atoms with E-state index in [1.165, 1.54) is 17.8 Å². The summed E-state index contributed by atoms with van der Waals surface area (Å²) in [6.45, 7) is 0.0674. The van der Waals surface area contributed by atoms with Crippen LogP contribution in [-0.2, 0) is 19.6 Å². The Morgan fingerprint density at radius 1 is 1.09 bits per heavy atom. The molecule has 1 heterocycles. The third-order valence-corrected chi connectivity index (χ3v) is 8.48. The van der Waals surface area contributed by atoms with Gasteiger partial charge in [0.1, 0.15) is 9.96 Å². The van der Waals surface area contributed by atoms with Gasteiger partial charge in [0.15, 0.2) is 6.61 Å². The van der Waals surface area contributed by atoms with Crippen LogP contribution in [0, 0.1) is 0 Å². The number of ether oxygens (including phenoxy) is 1. The van der Waals surface area contributed by atoms with Gasteiger partial charge in [-0.15, -0.1) is 11.3 Å². The molecule has 0 bridgehead atoms. The summed E-state index contributed by atoms with van der Waals surface area (Å²) in [6.07, 6.45) is 5.83. The zero-order valence-electron chi connectivity index (χ0n) is 18.1. The molecule has 174 valence electrons. The number of hydrogen-bond acceptors (Lipinski definition) is 6. The van der Waals surface area contributed by atoms with Crippen LogP contribution in [0.2, 0.25) is 0 Å². The SMILES string of the molecule is CN(c1ccc(OCC(=O)NCCC(=O)NC2CCCCC2)cc1)S(=O)(=O)c1cccs1. The Balaban J connectivity index is 1.39. The fourth-order valence-corrected chi connectivity index (χ4v) is 5.85. The van der Waals surface area contributed by atoms with Crippen LogP contribution in [0.3, 0.4) is 0 Å². The molecule has 1 fully saturated rings. The molecule has 1 aliphatic rings. The Hall–Kier alpha value is -2.59. The summed E-state index contributed by atoms with van der Waals surface area (Å²) in [6, 6.07) is 9.98. The van der Waals surface area contributed by atoms with E-state index in [2.05, 4.69) is 10.6 Å². The van der Waals surface area contributed by atoms with Crippen molar-refractivity contribution in [1.82, 2.24) is 10.6 Å². The predicted molar refractivity (Wildman–Crippen MR) is 124 cm³/mol. The van der Waals surface area contributed by atoms with Crippen molar-refractivity contribution in [3.8, 4) is 5.75 Å². The van der Waals surface area contributed by atoms with Crippen LogP contribution < -0.4 is 19.7 Å². The Labute approximate surface area is 193 Å². The molecule has 2 amide bonds. The number of rotatable bonds is 10. The number of sulfonamides is 1. The van der Waals surface area contributed by atoms with Crippen molar-refractivity contribution in [2.75, 3.05) is 24.5 Å². The number of thiophene rings is 1. The van der Waals surface area contributed by atoms with Crippen molar-refractivity contribution in [2.24, 2.45) is 0 Å². The molecule has 1 aromatic carbocycles. The monoisotopic (exact) mass is 479 g/mol. The van der Waals surface area contributed by atoms with E-state index in [1.54, 1.807) is 41.8 Å². The Morgan fingerprint density at radius 3 is 2.47 bits per heavy atom. The van der Waals surface area contributed by atoms with E-state index in [4.69, 9.17) is 4.74 Å². The van der Waals surface area contributed by atoms with Gasteiger partial charge in [-0.1, -0.05) is 25.3 Å².